The lowest BCUT2D eigenvalue weighted by Gasteiger charge is -2.18. The van der Waals surface area contributed by atoms with Crippen molar-refractivity contribution in [2.45, 2.75) is 116 Å². The molecule has 1 rings (SSSR count). The summed E-state index contributed by atoms with van der Waals surface area (Å²) in [6.07, 6.45) is 19.1. The van der Waals surface area contributed by atoms with Gasteiger partial charge < -0.3 is 0 Å². The minimum Gasteiger partial charge on any atom is -0.212 e. The molecule has 23 heavy (non-hydrogen) atoms. The van der Waals surface area contributed by atoms with Gasteiger partial charge in [0.2, 0.25) is 10.0 Å². The normalized spacial score (nSPS) is 18.3. The van der Waals surface area contributed by atoms with Gasteiger partial charge in [-0.15, -0.1) is 0 Å². The summed E-state index contributed by atoms with van der Waals surface area (Å²) in [7, 11) is -3.07. The summed E-state index contributed by atoms with van der Waals surface area (Å²) in [6.45, 7) is 2.23. The van der Waals surface area contributed by atoms with E-state index in [2.05, 4.69) is 11.6 Å². The molecular formula is C19H39NO2S. The number of sulfonamides is 1. The summed E-state index contributed by atoms with van der Waals surface area (Å²) >= 11 is 0. The summed E-state index contributed by atoms with van der Waals surface area (Å²) in [5.74, 6) is 0.318. The summed E-state index contributed by atoms with van der Waals surface area (Å²) in [5.41, 5.74) is 0. The van der Waals surface area contributed by atoms with Crippen LogP contribution in [-0.2, 0) is 10.0 Å². The summed E-state index contributed by atoms with van der Waals surface area (Å²) in [6, 6.07) is 0.187. The largest absolute Gasteiger partial charge is 0.212 e. The molecule has 0 heterocycles. The van der Waals surface area contributed by atoms with Crippen LogP contribution in [0.3, 0.4) is 0 Å². The van der Waals surface area contributed by atoms with Gasteiger partial charge in [-0.05, 0) is 19.3 Å². The van der Waals surface area contributed by atoms with Gasteiger partial charge in [0.1, 0.15) is 0 Å². The molecule has 1 saturated carbocycles. The van der Waals surface area contributed by atoms with Gasteiger partial charge in [-0.2, -0.15) is 0 Å². The molecule has 0 spiro atoms. The van der Waals surface area contributed by atoms with Crippen LogP contribution in [0.5, 0.6) is 0 Å². The zero-order valence-electron chi connectivity index (χ0n) is 15.3. The first kappa shape index (κ1) is 21.0. The van der Waals surface area contributed by atoms with Crippen LogP contribution in [0.4, 0.5) is 0 Å². The maximum atomic E-state index is 12.2. The fraction of sp³-hybridized carbons (Fsp3) is 1.00. The van der Waals surface area contributed by atoms with Crippen LogP contribution < -0.4 is 4.72 Å². The highest BCUT2D eigenvalue weighted by molar-refractivity contribution is 7.89. The molecule has 1 N–H and O–H groups in total. The molecule has 138 valence electrons. The van der Waals surface area contributed by atoms with E-state index in [1.165, 1.54) is 77.0 Å². The predicted molar refractivity (Wildman–Crippen MR) is 100 cm³/mol. The fourth-order valence-electron chi connectivity index (χ4n) is 3.49. The van der Waals surface area contributed by atoms with Gasteiger partial charge in [-0.3, -0.25) is 0 Å². The van der Waals surface area contributed by atoms with Crippen molar-refractivity contribution in [3.05, 3.63) is 0 Å². The van der Waals surface area contributed by atoms with E-state index in [1.807, 2.05) is 0 Å². The standard InChI is InChI=1S/C19H39NO2S/c1-2-3-4-5-6-9-12-15-18-23(21,22)20-19-16-13-10-7-8-11-14-17-19/h19-20H,2-18H2,1H3. The van der Waals surface area contributed by atoms with Crippen molar-refractivity contribution in [2.75, 3.05) is 5.75 Å². The van der Waals surface area contributed by atoms with Crippen molar-refractivity contribution < 1.29 is 8.42 Å². The molecule has 0 amide bonds. The third kappa shape index (κ3) is 12.0. The van der Waals surface area contributed by atoms with Crippen LogP contribution in [0.1, 0.15) is 110 Å². The zero-order chi connectivity index (χ0) is 16.8. The molecule has 0 aromatic carbocycles. The minimum absolute atomic E-state index is 0.187. The Hall–Kier alpha value is -0.0900. The Bertz CT molecular complexity index is 358. The fourth-order valence-corrected chi connectivity index (χ4v) is 4.94. The SMILES string of the molecule is CCCCCCCCCCS(=O)(=O)NC1CCCCCCCC1. The summed E-state index contributed by atoms with van der Waals surface area (Å²) in [4.78, 5) is 0. The van der Waals surface area contributed by atoms with Crippen LogP contribution >= 0.6 is 0 Å². The molecule has 0 aliphatic heterocycles. The van der Waals surface area contributed by atoms with Gasteiger partial charge in [0, 0.05) is 6.04 Å². The van der Waals surface area contributed by atoms with Crippen LogP contribution in [0.15, 0.2) is 0 Å². The lowest BCUT2D eigenvalue weighted by atomic mass is 10.1. The van der Waals surface area contributed by atoms with Crippen LogP contribution in [-0.4, -0.2) is 20.2 Å². The highest BCUT2D eigenvalue weighted by Gasteiger charge is 2.17. The Kier molecular flexibility index (Phi) is 12.1. The molecule has 0 radical (unpaired) electrons. The highest BCUT2D eigenvalue weighted by atomic mass is 32.2. The number of hydrogen-bond donors (Lipinski definition) is 1. The van der Waals surface area contributed by atoms with Crippen LogP contribution in [0.2, 0.25) is 0 Å². The van der Waals surface area contributed by atoms with Crippen molar-refractivity contribution in [2.24, 2.45) is 0 Å². The molecule has 0 saturated heterocycles. The Balaban J connectivity index is 2.13. The maximum Gasteiger partial charge on any atom is 0.211 e. The number of hydrogen-bond acceptors (Lipinski definition) is 2. The van der Waals surface area contributed by atoms with Gasteiger partial charge in [-0.1, -0.05) is 90.4 Å². The molecule has 4 heteroatoms. The van der Waals surface area contributed by atoms with Gasteiger partial charge in [0.25, 0.3) is 0 Å². The van der Waals surface area contributed by atoms with Crippen molar-refractivity contribution in [1.82, 2.24) is 4.72 Å². The smallest absolute Gasteiger partial charge is 0.211 e. The molecule has 0 unspecified atom stereocenters. The lowest BCUT2D eigenvalue weighted by molar-refractivity contribution is 0.480. The Morgan fingerprint density at radius 3 is 1.78 bits per heavy atom. The van der Waals surface area contributed by atoms with E-state index < -0.39 is 10.0 Å². The first-order valence-corrected chi connectivity index (χ1v) is 11.8. The highest BCUT2D eigenvalue weighted by Crippen LogP contribution is 2.18. The van der Waals surface area contributed by atoms with Gasteiger partial charge in [0.15, 0.2) is 0 Å². The van der Waals surface area contributed by atoms with Gasteiger partial charge >= 0.3 is 0 Å². The lowest BCUT2D eigenvalue weighted by Crippen LogP contribution is -2.36. The van der Waals surface area contributed by atoms with E-state index in [0.29, 0.717) is 5.75 Å². The van der Waals surface area contributed by atoms with Crippen molar-refractivity contribution in [3.63, 3.8) is 0 Å². The number of nitrogens with one attached hydrogen (secondary N) is 1. The molecular weight excluding hydrogens is 306 g/mol. The third-order valence-electron chi connectivity index (χ3n) is 4.97. The van der Waals surface area contributed by atoms with E-state index in [4.69, 9.17) is 0 Å². The Morgan fingerprint density at radius 1 is 0.739 bits per heavy atom. The van der Waals surface area contributed by atoms with Crippen molar-refractivity contribution in [3.8, 4) is 0 Å². The van der Waals surface area contributed by atoms with Gasteiger partial charge in [-0.25, -0.2) is 13.1 Å². The molecule has 0 bridgehead atoms. The van der Waals surface area contributed by atoms with E-state index in [9.17, 15) is 8.42 Å². The Morgan fingerprint density at radius 2 is 1.22 bits per heavy atom. The second-order valence-electron chi connectivity index (χ2n) is 7.31. The molecule has 0 aromatic heterocycles. The molecule has 1 fully saturated rings. The second kappa shape index (κ2) is 13.2. The monoisotopic (exact) mass is 345 g/mol. The van der Waals surface area contributed by atoms with Crippen LogP contribution in [0.25, 0.3) is 0 Å². The summed E-state index contributed by atoms with van der Waals surface area (Å²) in [5, 5.41) is 0. The zero-order valence-corrected chi connectivity index (χ0v) is 16.1. The first-order valence-electron chi connectivity index (χ1n) is 10.1. The maximum absolute atomic E-state index is 12.2. The van der Waals surface area contributed by atoms with Crippen molar-refractivity contribution in [1.29, 1.82) is 0 Å². The Labute approximate surface area is 145 Å². The first-order chi connectivity index (χ1) is 11.1. The van der Waals surface area contributed by atoms with Crippen LogP contribution in [0, 0.1) is 0 Å². The van der Waals surface area contributed by atoms with E-state index in [-0.39, 0.29) is 6.04 Å². The number of rotatable bonds is 11. The molecule has 1 aliphatic rings. The average Bonchev–Trinajstić information content (AvgIpc) is 2.63. The molecule has 0 atom stereocenters. The molecule has 3 nitrogen and oxygen atoms in total. The second-order valence-corrected chi connectivity index (χ2v) is 9.18. The summed E-state index contributed by atoms with van der Waals surface area (Å²) < 4.78 is 27.5. The average molecular weight is 346 g/mol. The minimum atomic E-state index is -3.07. The molecule has 1 aliphatic carbocycles. The third-order valence-corrected chi connectivity index (χ3v) is 6.49. The topological polar surface area (TPSA) is 46.2 Å². The predicted octanol–water partition coefficient (Wildman–Crippen LogP) is 5.55. The number of unbranched alkanes of at least 4 members (excludes halogenated alkanes) is 7. The van der Waals surface area contributed by atoms with Gasteiger partial charge in [0.05, 0.1) is 5.75 Å². The van der Waals surface area contributed by atoms with E-state index in [0.717, 1.165) is 25.7 Å². The van der Waals surface area contributed by atoms with E-state index in [1.54, 1.807) is 0 Å². The van der Waals surface area contributed by atoms with Crippen molar-refractivity contribution >= 4 is 10.0 Å². The molecule has 0 aromatic rings. The van der Waals surface area contributed by atoms with E-state index >= 15 is 0 Å². The quantitative estimate of drug-likeness (QED) is 0.499.